The molecule has 2 N–H and O–H groups in total. The van der Waals surface area contributed by atoms with Crippen molar-refractivity contribution in [2.45, 2.75) is 38.1 Å². The van der Waals surface area contributed by atoms with E-state index >= 15 is 0 Å². The van der Waals surface area contributed by atoms with E-state index in [0.29, 0.717) is 16.8 Å². The van der Waals surface area contributed by atoms with Crippen LogP contribution in [0.2, 0.25) is 0 Å². The van der Waals surface area contributed by atoms with Crippen molar-refractivity contribution in [2.24, 2.45) is 0 Å². The lowest BCUT2D eigenvalue weighted by atomic mass is 9.95. The van der Waals surface area contributed by atoms with Gasteiger partial charge in [-0.05, 0) is 43.2 Å². The predicted octanol–water partition coefficient (Wildman–Crippen LogP) is 3.40. The maximum absolute atomic E-state index is 12.4. The molecular weight excluding hydrogens is 302 g/mol. The van der Waals surface area contributed by atoms with Gasteiger partial charge in [-0.3, -0.25) is 14.6 Å². The summed E-state index contributed by atoms with van der Waals surface area (Å²) in [5, 5.41) is 5.90. The Morgan fingerprint density at radius 1 is 0.917 bits per heavy atom. The maximum atomic E-state index is 12.4. The summed E-state index contributed by atoms with van der Waals surface area (Å²) in [6.07, 6.45) is 8.84. The van der Waals surface area contributed by atoms with E-state index < -0.39 is 0 Å². The largest absolute Gasteiger partial charge is 0.349 e. The highest BCUT2D eigenvalue weighted by Crippen LogP contribution is 2.18. The molecular formula is C19H21N3O2. The van der Waals surface area contributed by atoms with Gasteiger partial charge in [0.05, 0.1) is 0 Å². The molecule has 1 aliphatic rings. The third-order valence-corrected chi connectivity index (χ3v) is 4.27. The van der Waals surface area contributed by atoms with E-state index in [1.165, 1.54) is 19.3 Å². The Kier molecular flexibility index (Phi) is 5.21. The fraction of sp³-hybridized carbons (Fsp3) is 0.316. The van der Waals surface area contributed by atoms with Gasteiger partial charge >= 0.3 is 0 Å². The number of carbonyl (C=O) groups excluding carboxylic acids is 2. The van der Waals surface area contributed by atoms with Crippen molar-refractivity contribution in [3.63, 3.8) is 0 Å². The Hall–Kier alpha value is -2.69. The molecule has 1 aromatic carbocycles. The van der Waals surface area contributed by atoms with Crippen molar-refractivity contribution in [2.75, 3.05) is 5.32 Å². The van der Waals surface area contributed by atoms with E-state index in [0.717, 1.165) is 12.8 Å². The van der Waals surface area contributed by atoms with Crippen LogP contribution in [0.1, 0.15) is 52.8 Å². The average Bonchev–Trinajstić information content (AvgIpc) is 2.63. The highest BCUT2D eigenvalue weighted by molar-refractivity contribution is 6.05. The standard InChI is InChI=1S/C19H21N3O2/c23-18(14-9-11-20-12-10-14)22-17-8-4-5-15(13-17)19(24)21-16-6-2-1-3-7-16/h4-5,8-13,16H,1-3,6-7H2,(H,21,24)(H,22,23). The molecule has 1 fully saturated rings. The predicted molar refractivity (Wildman–Crippen MR) is 93.0 cm³/mol. The van der Waals surface area contributed by atoms with Crippen LogP contribution >= 0.6 is 0 Å². The van der Waals surface area contributed by atoms with Crippen LogP contribution in [0, 0.1) is 0 Å². The van der Waals surface area contributed by atoms with Gasteiger partial charge in [0, 0.05) is 35.2 Å². The number of carbonyl (C=O) groups is 2. The molecule has 0 unspecified atom stereocenters. The second kappa shape index (κ2) is 7.73. The van der Waals surface area contributed by atoms with Gasteiger partial charge in [0.25, 0.3) is 11.8 Å². The minimum Gasteiger partial charge on any atom is -0.349 e. The molecule has 2 aromatic rings. The number of rotatable bonds is 4. The van der Waals surface area contributed by atoms with E-state index in [-0.39, 0.29) is 17.9 Å². The number of hydrogen-bond donors (Lipinski definition) is 2. The lowest BCUT2D eigenvalue weighted by molar-refractivity contribution is 0.0926. The molecule has 3 rings (SSSR count). The quantitative estimate of drug-likeness (QED) is 0.906. The Bertz CT molecular complexity index is 710. The summed E-state index contributed by atoms with van der Waals surface area (Å²) in [6, 6.07) is 10.6. The molecule has 24 heavy (non-hydrogen) atoms. The number of pyridine rings is 1. The highest BCUT2D eigenvalue weighted by atomic mass is 16.2. The van der Waals surface area contributed by atoms with Crippen LogP contribution in [0.5, 0.6) is 0 Å². The summed E-state index contributed by atoms with van der Waals surface area (Å²) in [4.78, 5) is 28.5. The van der Waals surface area contributed by atoms with Crippen molar-refractivity contribution in [3.05, 3.63) is 59.9 Å². The van der Waals surface area contributed by atoms with Crippen molar-refractivity contribution in [1.29, 1.82) is 0 Å². The molecule has 5 nitrogen and oxygen atoms in total. The maximum Gasteiger partial charge on any atom is 0.255 e. The van der Waals surface area contributed by atoms with Gasteiger partial charge in [-0.2, -0.15) is 0 Å². The Morgan fingerprint density at radius 2 is 1.67 bits per heavy atom. The summed E-state index contributed by atoms with van der Waals surface area (Å²) in [5.74, 6) is -0.302. The Morgan fingerprint density at radius 3 is 2.42 bits per heavy atom. The van der Waals surface area contributed by atoms with Gasteiger partial charge in [0.2, 0.25) is 0 Å². The van der Waals surface area contributed by atoms with Crippen molar-refractivity contribution in [1.82, 2.24) is 10.3 Å². The van der Waals surface area contributed by atoms with Crippen LogP contribution < -0.4 is 10.6 Å². The lowest BCUT2D eigenvalue weighted by Crippen LogP contribution is -2.36. The molecule has 0 saturated heterocycles. The van der Waals surface area contributed by atoms with Gasteiger partial charge in [0.15, 0.2) is 0 Å². The zero-order valence-electron chi connectivity index (χ0n) is 13.5. The molecule has 0 aliphatic heterocycles. The van der Waals surface area contributed by atoms with Crippen LogP contribution in [0.4, 0.5) is 5.69 Å². The van der Waals surface area contributed by atoms with Crippen LogP contribution in [0.25, 0.3) is 0 Å². The number of hydrogen-bond acceptors (Lipinski definition) is 3. The molecule has 0 atom stereocenters. The minimum absolute atomic E-state index is 0.0816. The first kappa shape index (κ1) is 16.2. The molecule has 1 saturated carbocycles. The van der Waals surface area contributed by atoms with Crippen molar-refractivity contribution >= 4 is 17.5 Å². The normalized spacial score (nSPS) is 14.8. The van der Waals surface area contributed by atoms with Crippen LogP contribution in [-0.4, -0.2) is 22.8 Å². The Balaban J connectivity index is 1.65. The van der Waals surface area contributed by atoms with Crippen LogP contribution in [0.3, 0.4) is 0 Å². The molecule has 1 aromatic heterocycles. The number of aromatic nitrogens is 1. The summed E-state index contributed by atoms with van der Waals surface area (Å²) < 4.78 is 0. The first-order valence-electron chi connectivity index (χ1n) is 8.35. The molecule has 0 spiro atoms. The lowest BCUT2D eigenvalue weighted by Gasteiger charge is -2.22. The van der Waals surface area contributed by atoms with Gasteiger partial charge in [0.1, 0.15) is 0 Å². The molecule has 0 bridgehead atoms. The molecule has 5 heteroatoms. The zero-order chi connectivity index (χ0) is 16.8. The number of amides is 2. The monoisotopic (exact) mass is 323 g/mol. The summed E-state index contributed by atoms with van der Waals surface area (Å²) in [6.45, 7) is 0. The van der Waals surface area contributed by atoms with E-state index in [2.05, 4.69) is 15.6 Å². The number of anilines is 1. The SMILES string of the molecule is O=C(Nc1cccc(C(=O)NC2CCCCC2)c1)c1ccncc1. The van der Waals surface area contributed by atoms with Gasteiger partial charge in [-0.25, -0.2) is 0 Å². The average molecular weight is 323 g/mol. The summed E-state index contributed by atoms with van der Waals surface area (Å²) >= 11 is 0. The van der Waals surface area contributed by atoms with Gasteiger partial charge in [-0.15, -0.1) is 0 Å². The number of benzene rings is 1. The molecule has 1 aliphatic carbocycles. The topological polar surface area (TPSA) is 71.1 Å². The molecule has 0 radical (unpaired) electrons. The zero-order valence-corrected chi connectivity index (χ0v) is 13.5. The van der Waals surface area contributed by atoms with Crippen LogP contribution in [-0.2, 0) is 0 Å². The first-order chi connectivity index (χ1) is 11.7. The molecule has 1 heterocycles. The fourth-order valence-electron chi connectivity index (χ4n) is 2.96. The summed E-state index contributed by atoms with van der Waals surface area (Å²) in [7, 11) is 0. The third-order valence-electron chi connectivity index (χ3n) is 4.27. The Labute approximate surface area is 141 Å². The van der Waals surface area contributed by atoms with Crippen molar-refractivity contribution in [3.8, 4) is 0 Å². The number of nitrogens with zero attached hydrogens (tertiary/aromatic N) is 1. The van der Waals surface area contributed by atoms with Crippen molar-refractivity contribution < 1.29 is 9.59 Å². The second-order valence-electron chi connectivity index (χ2n) is 6.08. The first-order valence-corrected chi connectivity index (χ1v) is 8.35. The van der Waals surface area contributed by atoms with Crippen LogP contribution in [0.15, 0.2) is 48.8 Å². The van der Waals surface area contributed by atoms with Gasteiger partial charge < -0.3 is 10.6 Å². The van der Waals surface area contributed by atoms with Gasteiger partial charge in [-0.1, -0.05) is 25.3 Å². The minimum atomic E-state index is -0.220. The van der Waals surface area contributed by atoms with E-state index in [1.807, 2.05) is 0 Å². The smallest absolute Gasteiger partial charge is 0.255 e. The van der Waals surface area contributed by atoms with E-state index in [9.17, 15) is 9.59 Å². The molecule has 2 amide bonds. The summed E-state index contributed by atoms with van der Waals surface area (Å²) in [5.41, 5.74) is 1.70. The highest BCUT2D eigenvalue weighted by Gasteiger charge is 2.17. The van der Waals surface area contributed by atoms with E-state index in [1.54, 1.807) is 48.8 Å². The fourth-order valence-corrected chi connectivity index (χ4v) is 2.96. The molecule has 124 valence electrons. The number of nitrogens with one attached hydrogen (secondary N) is 2. The third kappa shape index (κ3) is 4.19. The van der Waals surface area contributed by atoms with E-state index in [4.69, 9.17) is 0 Å². The second-order valence-corrected chi connectivity index (χ2v) is 6.08.